The van der Waals surface area contributed by atoms with Crippen molar-refractivity contribution in [3.8, 4) is 57.5 Å². The number of halogens is 1. The molecule has 0 bridgehead atoms. The van der Waals surface area contributed by atoms with Crippen LogP contribution in [0.3, 0.4) is 0 Å². The first-order chi connectivity index (χ1) is 52.3. The summed E-state index contributed by atoms with van der Waals surface area (Å²) in [7, 11) is 11.0. The van der Waals surface area contributed by atoms with Crippen molar-refractivity contribution in [2.45, 2.75) is 104 Å². The van der Waals surface area contributed by atoms with Gasteiger partial charge in [-0.25, -0.2) is 4.79 Å². The van der Waals surface area contributed by atoms with Crippen LogP contribution in [0.1, 0.15) is 137 Å². The van der Waals surface area contributed by atoms with E-state index >= 15 is 0 Å². The number of carbonyl (C=O) groups excluding carboxylic acids is 5. The first kappa shape index (κ1) is 91.7. The number of fused-ring (bicyclic) bond motifs is 4. The van der Waals surface area contributed by atoms with E-state index in [1.165, 1.54) is 13.2 Å². The van der Waals surface area contributed by atoms with Crippen LogP contribution in [0.5, 0.6) is 57.5 Å². The molecule has 0 saturated heterocycles. The second-order valence-electron chi connectivity index (χ2n) is 24.3. The smallest absolute Gasteiger partial charge is 0.336 e. The Balaban J connectivity index is 0.000000279. The predicted octanol–water partition coefficient (Wildman–Crippen LogP) is 19.3. The number of phenolic OH excluding ortho intramolecular Hbond substituents is 1. The number of aldehydes is 5. The van der Waals surface area contributed by atoms with Crippen molar-refractivity contribution in [3.63, 3.8) is 0 Å². The van der Waals surface area contributed by atoms with Gasteiger partial charge in [0.05, 0.1) is 65.4 Å². The summed E-state index contributed by atoms with van der Waals surface area (Å²) in [4.78, 5) is 64.6. The SMILES string of the molecule is C.C.CCOC(COc1c(C=O)cc(C)cc1OC)OCC.COc1cc(C)cc(C=O)c1.COc1cc(C)cc(C=O)c1Br.COc1cc(C)cc(C=O)c1O.COc1cc(C)cc2cc(C=O)oc12.COc1cc(C)cc2cc(CO)oc12.COc1cc(C)cc2cc(COc3ccc4c(C)cc(=O)oc4c3)oc12. The number of methoxy groups -OCH3 is 7. The summed E-state index contributed by atoms with van der Waals surface area (Å²) in [5, 5.41) is 22.0. The number of phenols is 1. The van der Waals surface area contributed by atoms with Crippen LogP contribution >= 0.6 is 15.9 Å². The predicted molar refractivity (Wildman–Crippen MR) is 433 cm³/mol. The van der Waals surface area contributed by atoms with Crippen LogP contribution < -0.4 is 48.3 Å². The van der Waals surface area contributed by atoms with Crippen LogP contribution in [0, 0.1) is 55.4 Å². The Labute approximate surface area is 654 Å². The first-order valence-electron chi connectivity index (χ1n) is 34.0. The van der Waals surface area contributed by atoms with E-state index in [4.69, 9.17) is 74.9 Å². The zero-order valence-corrected chi connectivity index (χ0v) is 65.6. The summed E-state index contributed by atoms with van der Waals surface area (Å²) < 4.78 is 80.7. The molecule has 111 heavy (non-hydrogen) atoms. The number of rotatable bonds is 23. The lowest BCUT2D eigenvalue weighted by Crippen LogP contribution is -2.25. The molecule has 0 aliphatic heterocycles. The van der Waals surface area contributed by atoms with Crippen LogP contribution in [-0.4, -0.2) is 118 Å². The van der Waals surface area contributed by atoms with Crippen LogP contribution in [0.2, 0.25) is 0 Å². The highest BCUT2D eigenvalue weighted by molar-refractivity contribution is 9.10. The second kappa shape index (κ2) is 45.3. The number of aliphatic hydroxyl groups excluding tert-OH is 1. The van der Waals surface area contributed by atoms with Crippen LogP contribution in [0.15, 0.2) is 160 Å². The van der Waals surface area contributed by atoms with E-state index < -0.39 is 6.29 Å². The Hall–Kier alpha value is -11.7. The second-order valence-corrected chi connectivity index (χ2v) is 25.1. The average molecular weight is 1590 g/mol. The highest BCUT2D eigenvalue weighted by Gasteiger charge is 2.18. The van der Waals surface area contributed by atoms with Gasteiger partial charge in [-0.05, 0) is 251 Å². The van der Waals surface area contributed by atoms with E-state index in [1.54, 1.807) is 85.1 Å². The molecule has 0 radical (unpaired) electrons. The topological polar surface area (TPSA) is 297 Å². The van der Waals surface area contributed by atoms with Gasteiger partial charge in [0.1, 0.15) is 60.5 Å². The monoisotopic (exact) mass is 1590 g/mol. The van der Waals surface area contributed by atoms with Crippen LogP contribution in [0.25, 0.3) is 43.9 Å². The Morgan fingerprint density at radius 3 is 1.39 bits per heavy atom. The molecule has 4 aromatic heterocycles. The molecule has 0 fully saturated rings. The van der Waals surface area contributed by atoms with E-state index in [9.17, 15) is 33.9 Å². The van der Waals surface area contributed by atoms with E-state index in [0.29, 0.717) is 133 Å². The number of ether oxygens (including phenoxy) is 11. The van der Waals surface area contributed by atoms with E-state index in [1.807, 2.05) is 154 Å². The highest BCUT2D eigenvalue weighted by Crippen LogP contribution is 2.36. The van der Waals surface area contributed by atoms with Crippen molar-refractivity contribution in [2.75, 3.05) is 69.6 Å². The van der Waals surface area contributed by atoms with E-state index in [-0.39, 0.29) is 51.6 Å². The summed E-state index contributed by atoms with van der Waals surface area (Å²) in [5.74, 6) is 6.84. The lowest BCUT2D eigenvalue weighted by Gasteiger charge is -2.19. The van der Waals surface area contributed by atoms with Crippen molar-refractivity contribution in [1.29, 1.82) is 0 Å². The molecule has 0 aliphatic rings. The molecule has 23 nitrogen and oxygen atoms in total. The van der Waals surface area contributed by atoms with Gasteiger partial charge in [0.2, 0.25) is 0 Å². The van der Waals surface area contributed by atoms with Crippen molar-refractivity contribution >= 4 is 91.2 Å². The molecule has 2 N–H and O–H groups in total. The van der Waals surface area contributed by atoms with Gasteiger partial charge < -0.3 is 80.0 Å². The Bertz CT molecular complexity index is 5050. The lowest BCUT2D eigenvalue weighted by atomic mass is 10.1. The Morgan fingerprint density at radius 1 is 0.432 bits per heavy atom. The Morgan fingerprint density at radius 2 is 0.892 bits per heavy atom. The van der Waals surface area contributed by atoms with Crippen molar-refractivity contribution in [3.05, 3.63) is 232 Å². The van der Waals surface area contributed by atoms with Crippen molar-refractivity contribution in [2.24, 2.45) is 0 Å². The maximum Gasteiger partial charge on any atom is 0.336 e. The van der Waals surface area contributed by atoms with Gasteiger partial charge in [-0.3, -0.25) is 24.0 Å². The molecule has 24 heteroatoms. The molecule has 8 aromatic carbocycles. The number of hydrogen-bond acceptors (Lipinski definition) is 23. The fraction of sp³-hybridized carbons (Fsp3) is 0.287. The number of aromatic hydroxyl groups is 1. The number of benzene rings is 8. The quantitative estimate of drug-likeness (QED) is 0.0341. The first-order valence-corrected chi connectivity index (χ1v) is 34.8. The third-order valence-electron chi connectivity index (χ3n) is 15.8. The Kier molecular flexibility index (Phi) is 37.4. The molecule has 0 atom stereocenters. The van der Waals surface area contributed by atoms with Crippen molar-refractivity contribution in [1.82, 2.24) is 0 Å². The summed E-state index contributed by atoms with van der Waals surface area (Å²) in [6.45, 7) is 20.6. The molecule has 0 saturated carbocycles. The summed E-state index contributed by atoms with van der Waals surface area (Å²) >= 11 is 3.28. The molecule has 0 amide bonds. The molecule has 12 rings (SSSR count). The van der Waals surface area contributed by atoms with Crippen molar-refractivity contribution < 1.29 is 104 Å². The minimum Gasteiger partial charge on any atom is -0.504 e. The van der Waals surface area contributed by atoms with Crippen LogP contribution in [0.4, 0.5) is 0 Å². The summed E-state index contributed by atoms with van der Waals surface area (Å²) in [5.41, 5.74) is 12.2. The molecular formula is C87H99BrO23. The fourth-order valence-corrected chi connectivity index (χ4v) is 11.4. The van der Waals surface area contributed by atoms with Gasteiger partial charge in [0, 0.05) is 58.0 Å². The third-order valence-corrected chi connectivity index (χ3v) is 16.6. The fourth-order valence-electron chi connectivity index (χ4n) is 10.9. The van der Waals surface area contributed by atoms with E-state index in [0.717, 1.165) is 90.7 Å². The maximum atomic E-state index is 11.5. The number of hydrogen-bond donors (Lipinski definition) is 2. The minimum absolute atomic E-state index is 0. The average Bonchev–Trinajstić information content (AvgIpc) is 1.65. The van der Waals surface area contributed by atoms with E-state index in [2.05, 4.69) is 15.9 Å². The molecule has 592 valence electrons. The normalized spacial score (nSPS) is 10.2. The highest BCUT2D eigenvalue weighted by atomic mass is 79.9. The van der Waals surface area contributed by atoms with Gasteiger partial charge >= 0.3 is 5.63 Å². The third kappa shape index (κ3) is 26.0. The standard InChI is InChI=1S/C21H18O5.C15H22O5.C11H12O3.C11H10O3.C9H9BrO2.C9H10O3.C9H10O2.2CH4/c1-12-6-14-9-16(25-21(14)19(7-12)23-3)11-24-15-4-5-17-13(2)8-20(22)26-18(17)10-15;1-5-18-14(19-6-2)10-20-15-12(9-16)7-11(3)8-13(15)17-4;2*1-7-3-8-5-9(6-12)14-11(8)10(4-7)13-2;1-6-3-7(5-11)9(10)8(4-6)12-2;1-6-3-7(5-10)9(11)8(4-6)12-2;1-7-3-8(6-10)5-9(4-7)11-2;;/h4-10H,11H2,1-3H3;7-9,14H,5-6,10H2,1-4H3;3-5,12H,6H2,1-2H3;3-6H,1-2H3;3-5H,1-2H3;3-5,11H,1-2H3;3-6H,1-2H3;2*1H4. The molecule has 0 aliphatic carbocycles. The molecule has 0 unspecified atom stereocenters. The summed E-state index contributed by atoms with van der Waals surface area (Å²) in [6.07, 6.45) is 3.20. The molecule has 4 heterocycles. The van der Waals surface area contributed by atoms with Gasteiger partial charge in [-0.2, -0.15) is 0 Å². The number of aryl methyl sites for hydroxylation is 8. The molecular weight excluding hydrogens is 1490 g/mol. The lowest BCUT2D eigenvalue weighted by molar-refractivity contribution is -0.152. The molecule has 12 aromatic rings. The number of furan rings is 3. The van der Waals surface area contributed by atoms with Gasteiger partial charge in [-0.15, -0.1) is 0 Å². The van der Waals surface area contributed by atoms with Gasteiger partial charge in [0.25, 0.3) is 0 Å². The van der Waals surface area contributed by atoms with Gasteiger partial charge in [0.15, 0.2) is 94.2 Å². The number of carbonyl (C=O) groups is 5. The van der Waals surface area contributed by atoms with Crippen LogP contribution in [-0.2, 0) is 22.7 Å². The molecule has 0 spiro atoms. The largest absolute Gasteiger partial charge is 0.504 e. The maximum absolute atomic E-state index is 11.5. The zero-order valence-electron chi connectivity index (χ0n) is 64.0. The van der Waals surface area contributed by atoms with Gasteiger partial charge in [-0.1, -0.05) is 14.9 Å². The minimum atomic E-state index is -0.462. The number of aliphatic hydroxyl groups is 1. The zero-order chi connectivity index (χ0) is 80.0. The summed E-state index contributed by atoms with van der Waals surface area (Å²) in [6, 6.07) is 40.0.